The molecule has 0 saturated heterocycles. The van der Waals surface area contributed by atoms with Gasteiger partial charge in [-0.1, -0.05) is 35.9 Å². The summed E-state index contributed by atoms with van der Waals surface area (Å²) >= 11 is 9.62. The van der Waals surface area contributed by atoms with Crippen LogP contribution in [0.25, 0.3) is 32.7 Å². The Hall–Kier alpha value is -1.58. The van der Waals surface area contributed by atoms with E-state index in [0.29, 0.717) is 10.7 Å². The zero-order valence-corrected chi connectivity index (χ0v) is 12.0. The summed E-state index contributed by atoms with van der Waals surface area (Å²) in [5, 5.41) is 4.73. The first-order chi connectivity index (χ1) is 9.24. The van der Waals surface area contributed by atoms with E-state index in [4.69, 9.17) is 16.0 Å². The summed E-state index contributed by atoms with van der Waals surface area (Å²) in [5.74, 6) is 0. The molecule has 0 amide bonds. The summed E-state index contributed by atoms with van der Waals surface area (Å²) in [6.45, 7) is 0. The number of furan rings is 1. The lowest BCUT2D eigenvalue weighted by Gasteiger charge is -1.97. The number of nitrogens with zero attached hydrogens (tertiary/aromatic N) is 1. The Morgan fingerprint density at radius 2 is 1.84 bits per heavy atom. The first-order valence-corrected chi connectivity index (χ1v) is 6.96. The Bertz CT molecular complexity index is 945. The number of hydrogen-bond donors (Lipinski definition) is 0. The Balaban J connectivity index is 2.30. The number of benzene rings is 2. The van der Waals surface area contributed by atoms with Crippen LogP contribution in [-0.4, -0.2) is 4.98 Å². The lowest BCUT2D eigenvalue weighted by molar-refractivity contribution is 0.667. The lowest BCUT2D eigenvalue weighted by Crippen LogP contribution is -1.77. The van der Waals surface area contributed by atoms with Crippen LogP contribution in [0.1, 0.15) is 0 Å². The van der Waals surface area contributed by atoms with E-state index in [1.807, 2.05) is 18.2 Å². The van der Waals surface area contributed by atoms with E-state index in [-0.39, 0.29) is 0 Å². The van der Waals surface area contributed by atoms with Crippen LogP contribution in [0.5, 0.6) is 0 Å². The van der Waals surface area contributed by atoms with E-state index in [2.05, 4.69) is 39.1 Å². The molecule has 4 aromatic rings. The maximum Gasteiger partial charge on any atom is 0.173 e. The highest BCUT2D eigenvalue weighted by Crippen LogP contribution is 2.38. The molecule has 0 aliphatic rings. The van der Waals surface area contributed by atoms with Crippen LogP contribution in [0.2, 0.25) is 5.15 Å². The summed E-state index contributed by atoms with van der Waals surface area (Å²) in [7, 11) is 0. The van der Waals surface area contributed by atoms with Crippen LogP contribution in [0, 0.1) is 0 Å². The second kappa shape index (κ2) is 3.95. The van der Waals surface area contributed by atoms with Crippen LogP contribution in [0.4, 0.5) is 0 Å². The Morgan fingerprint density at radius 3 is 2.63 bits per heavy atom. The Labute approximate surface area is 122 Å². The second-order valence-corrected chi connectivity index (χ2v) is 5.61. The zero-order chi connectivity index (χ0) is 13.0. The van der Waals surface area contributed by atoms with Gasteiger partial charge in [0.2, 0.25) is 0 Å². The third kappa shape index (κ3) is 1.58. The molecule has 19 heavy (non-hydrogen) atoms. The van der Waals surface area contributed by atoms with Gasteiger partial charge in [0, 0.05) is 21.4 Å². The molecule has 0 bridgehead atoms. The van der Waals surface area contributed by atoms with Gasteiger partial charge in [0.15, 0.2) is 10.7 Å². The molecule has 0 saturated carbocycles. The van der Waals surface area contributed by atoms with Crippen LogP contribution < -0.4 is 0 Å². The molecule has 0 fully saturated rings. The fourth-order valence-corrected chi connectivity index (χ4v) is 3.08. The molecule has 0 radical (unpaired) electrons. The minimum Gasteiger partial charge on any atom is -0.453 e. The molecule has 2 nitrogen and oxygen atoms in total. The molecule has 92 valence electrons. The largest absolute Gasteiger partial charge is 0.453 e. The maximum absolute atomic E-state index is 6.11. The van der Waals surface area contributed by atoms with Gasteiger partial charge >= 0.3 is 0 Å². The monoisotopic (exact) mass is 331 g/mol. The molecule has 0 atom stereocenters. The van der Waals surface area contributed by atoms with Crippen LogP contribution in [0.15, 0.2) is 51.5 Å². The summed E-state index contributed by atoms with van der Waals surface area (Å²) < 4.78 is 6.74. The van der Waals surface area contributed by atoms with Crippen molar-refractivity contribution in [3.05, 3.63) is 52.2 Å². The summed E-state index contributed by atoms with van der Waals surface area (Å²) in [6.07, 6.45) is 1.70. The van der Waals surface area contributed by atoms with Crippen molar-refractivity contribution in [1.29, 1.82) is 0 Å². The van der Waals surface area contributed by atoms with Crippen LogP contribution >= 0.6 is 27.5 Å². The van der Waals surface area contributed by atoms with Gasteiger partial charge in [0.1, 0.15) is 5.58 Å². The van der Waals surface area contributed by atoms with E-state index in [0.717, 1.165) is 26.2 Å². The third-order valence-corrected chi connectivity index (χ3v) is 4.14. The topological polar surface area (TPSA) is 26.0 Å². The molecule has 2 heterocycles. The predicted molar refractivity (Wildman–Crippen MR) is 81.7 cm³/mol. The Morgan fingerprint density at radius 1 is 1.11 bits per heavy atom. The van der Waals surface area contributed by atoms with Crippen molar-refractivity contribution in [2.75, 3.05) is 0 Å². The molecule has 0 aliphatic heterocycles. The Kier molecular flexibility index (Phi) is 2.34. The van der Waals surface area contributed by atoms with Crippen molar-refractivity contribution in [1.82, 2.24) is 4.98 Å². The van der Waals surface area contributed by atoms with Crippen molar-refractivity contribution in [2.45, 2.75) is 0 Å². The minimum atomic E-state index is 0.387. The standard InChI is InChI=1S/C15H7BrClNO/c16-11-7-18-15(17)14-13(11)10-5-8-3-1-2-4-9(8)6-12(10)19-14/h1-7H. The van der Waals surface area contributed by atoms with Gasteiger partial charge in [-0.3, -0.25) is 0 Å². The summed E-state index contributed by atoms with van der Waals surface area (Å²) in [6, 6.07) is 12.4. The molecular formula is C15H7BrClNO. The van der Waals surface area contributed by atoms with Crippen molar-refractivity contribution >= 4 is 60.2 Å². The lowest BCUT2D eigenvalue weighted by atomic mass is 10.1. The highest BCUT2D eigenvalue weighted by atomic mass is 79.9. The molecule has 0 unspecified atom stereocenters. The molecule has 2 aromatic heterocycles. The van der Waals surface area contributed by atoms with E-state index in [9.17, 15) is 0 Å². The van der Waals surface area contributed by atoms with Gasteiger partial charge < -0.3 is 4.42 Å². The van der Waals surface area contributed by atoms with E-state index < -0.39 is 0 Å². The van der Waals surface area contributed by atoms with Gasteiger partial charge in [-0.15, -0.1) is 0 Å². The van der Waals surface area contributed by atoms with E-state index in [1.165, 1.54) is 5.39 Å². The number of aromatic nitrogens is 1. The number of pyridine rings is 1. The summed E-state index contributed by atoms with van der Waals surface area (Å²) in [4.78, 5) is 4.10. The van der Waals surface area contributed by atoms with Crippen molar-refractivity contribution in [3.8, 4) is 0 Å². The maximum atomic E-state index is 6.11. The number of rotatable bonds is 0. The van der Waals surface area contributed by atoms with Crippen molar-refractivity contribution in [2.24, 2.45) is 0 Å². The summed E-state index contributed by atoms with van der Waals surface area (Å²) in [5.41, 5.74) is 1.45. The number of hydrogen-bond acceptors (Lipinski definition) is 2. The van der Waals surface area contributed by atoms with Gasteiger partial charge in [0.05, 0.1) is 0 Å². The fourth-order valence-electron chi connectivity index (χ4n) is 2.40. The van der Waals surface area contributed by atoms with Crippen molar-refractivity contribution in [3.63, 3.8) is 0 Å². The minimum absolute atomic E-state index is 0.387. The first-order valence-electron chi connectivity index (χ1n) is 5.79. The van der Waals surface area contributed by atoms with E-state index >= 15 is 0 Å². The third-order valence-electron chi connectivity index (χ3n) is 3.27. The van der Waals surface area contributed by atoms with Gasteiger partial charge in [-0.05, 0) is 38.8 Å². The molecule has 0 aliphatic carbocycles. The van der Waals surface area contributed by atoms with Gasteiger partial charge in [0.25, 0.3) is 0 Å². The fraction of sp³-hybridized carbons (Fsp3) is 0. The SMILES string of the molecule is Clc1ncc(Br)c2c1oc1cc3ccccc3cc12. The molecular weight excluding hydrogens is 326 g/mol. The normalized spacial score (nSPS) is 11.7. The van der Waals surface area contributed by atoms with Gasteiger partial charge in [-0.25, -0.2) is 4.98 Å². The van der Waals surface area contributed by atoms with Crippen LogP contribution in [-0.2, 0) is 0 Å². The average molecular weight is 333 g/mol. The number of halogens is 2. The first kappa shape index (κ1) is 11.3. The zero-order valence-electron chi connectivity index (χ0n) is 9.65. The second-order valence-electron chi connectivity index (χ2n) is 4.40. The molecule has 4 heteroatoms. The average Bonchev–Trinajstić information content (AvgIpc) is 2.80. The highest BCUT2D eigenvalue weighted by molar-refractivity contribution is 9.10. The van der Waals surface area contributed by atoms with E-state index in [1.54, 1.807) is 6.20 Å². The molecule has 0 N–H and O–H groups in total. The van der Waals surface area contributed by atoms with Gasteiger partial charge in [-0.2, -0.15) is 0 Å². The highest BCUT2D eigenvalue weighted by Gasteiger charge is 2.14. The smallest absolute Gasteiger partial charge is 0.173 e. The molecule has 4 rings (SSSR count). The molecule has 2 aromatic carbocycles. The number of fused-ring (bicyclic) bond motifs is 4. The quantitative estimate of drug-likeness (QED) is 0.395. The van der Waals surface area contributed by atoms with Crippen LogP contribution in [0.3, 0.4) is 0 Å². The molecule has 0 spiro atoms. The predicted octanol–water partition coefficient (Wildman–Crippen LogP) is 5.55. The van der Waals surface area contributed by atoms with Crippen molar-refractivity contribution < 1.29 is 4.42 Å².